The first-order chi connectivity index (χ1) is 12.5. The van der Waals surface area contributed by atoms with Gasteiger partial charge in [0.2, 0.25) is 5.91 Å². The zero-order chi connectivity index (χ0) is 18.8. The molecule has 0 saturated carbocycles. The van der Waals surface area contributed by atoms with E-state index >= 15 is 0 Å². The fourth-order valence-corrected chi connectivity index (χ4v) is 3.33. The van der Waals surface area contributed by atoms with E-state index in [1.54, 1.807) is 30.1 Å². The second kappa shape index (κ2) is 7.12. The lowest BCUT2D eigenvalue weighted by Crippen LogP contribution is -2.41. The van der Waals surface area contributed by atoms with Gasteiger partial charge in [0.1, 0.15) is 0 Å². The van der Waals surface area contributed by atoms with Crippen molar-refractivity contribution in [2.75, 3.05) is 26.7 Å². The molecule has 0 N–H and O–H groups in total. The van der Waals surface area contributed by atoms with Crippen LogP contribution in [-0.2, 0) is 4.79 Å². The van der Waals surface area contributed by atoms with Gasteiger partial charge in [-0.15, -0.1) is 0 Å². The molecule has 2 aromatic rings. The van der Waals surface area contributed by atoms with Crippen LogP contribution in [0.1, 0.15) is 40.1 Å². The monoisotopic (exact) mass is 350 g/mol. The number of carbonyl (C=O) groups is 3. The van der Waals surface area contributed by atoms with Crippen molar-refractivity contribution in [2.24, 2.45) is 0 Å². The third kappa shape index (κ3) is 3.01. The molecule has 2 aromatic carbocycles. The molecule has 0 spiro atoms. The highest BCUT2D eigenvalue weighted by Gasteiger charge is 2.27. The number of benzene rings is 2. The largest absolute Gasteiger partial charge is 0.342 e. The van der Waals surface area contributed by atoms with Crippen LogP contribution in [0.15, 0.2) is 42.5 Å². The van der Waals surface area contributed by atoms with Crippen LogP contribution in [0.2, 0.25) is 0 Å². The molecule has 2 amide bonds. The summed E-state index contributed by atoms with van der Waals surface area (Å²) >= 11 is 0. The van der Waals surface area contributed by atoms with Gasteiger partial charge in [-0.1, -0.05) is 30.3 Å². The average Bonchev–Trinajstić information content (AvgIpc) is 2.94. The van der Waals surface area contributed by atoms with E-state index in [0.29, 0.717) is 29.8 Å². The second-order valence-corrected chi connectivity index (χ2v) is 6.36. The number of amides is 2. The number of hydrogen-bond acceptors (Lipinski definition) is 3. The van der Waals surface area contributed by atoms with Gasteiger partial charge in [0.05, 0.1) is 6.54 Å². The van der Waals surface area contributed by atoms with Gasteiger partial charge in [-0.2, -0.15) is 0 Å². The van der Waals surface area contributed by atoms with Crippen LogP contribution in [0.25, 0.3) is 11.1 Å². The minimum Gasteiger partial charge on any atom is -0.342 e. The van der Waals surface area contributed by atoms with Crippen molar-refractivity contribution in [2.45, 2.75) is 13.8 Å². The second-order valence-electron chi connectivity index (χ2n) is 6.36. The molecule has 5 heteroatoms. The number of fused-ring (bicyclic) bond motifs is 3. The summed E-state index contributed by atoms with van der Waals surface area (Å²) in [5, 5.41) is 0. The van der Waals surface area contributed by atoms with Gasteiger partial charge in [-0.3, -0.25) is 14.4 Å². The minimum atomic E-state index is -0.267. The molecule has 0 atom stereocenters. The van der Waals surface area contributed by atoms with E-state index in [1.807, 2.05) is 38.1 Å². The van der Waals surface area contributed by atoms with Gasteiger partial charge < -0.3 is 9.80 Å². The van der Waals surface area contributed by atoms with Crippen molar-refractivity contribution >= 4 is 17.6 Å². The summed E-state index contributed by atoms with van der Waals surface area (Å²) in [7, 11) is 1.60. The third-order valence-electron chi connectivity index (χ3n) is 4.81. The fraction of sp³-hybridized carbons (Fsp3) is 0.286. The highest BCUT2D eigenvalue weighted by molar-refractivity contribution is 6.22. The minimum absolute atomic E-state index is 0.0196. The molecule has 134 valence electrons. The van der Waals surface area contributed by atoms with E-state index in [2.05, 4.69) is 0 Å². The van der Waals surface area contributed by atoms with E-state index in [1.165, 1.54) is 4.90 Å². The summed E-state index contributed by atoms with van der Waals surface area (Å²) in [6.07, 6.45) is 0. The lowest BCUT2D eigenvalue weighted by atomic mass is 10.0. The third-order valence-corrected chi connectivity index (χ3v) is 4.81. The van der Waals surface area contributed by atoms with Gasteiger partial charge in [-0.05, 0) is 37.1 Å². The molecule has 0 radical (unpaired) electrons. The number of ketones is 1. The highest BCUT2D eigenvalue weighted by atomic mass is 16.2. The summed E-state index contributed by atoms with van der Waals surface area (Å²) < 4.78 is 0. The molecule has 1 aliphatic carbocycles. The lowest BCUT2D eigenvalue weighted by Gasteiger charge is -2.23. The van der Waals surface area contributed by atoms with E-state index in [0.717, 1.165) is 11.1 Å². The molecule has 1 aliphatic rings. The van der Waals surface area contributed by atoms with Crippen molar-refractivity contribution in [1.82, 2.24) is 9.80 Å². The molecule has 0 aromatic heterocycles. The fourth-order valence-electron chi connectivity index (χ4n) is 3.33. The lowest BCUT2D eigenvalue weighted by molar-refractivity contribution is -0.131. The first-order valence-electron chi connectivity index (χ1n) is 8.79. The molecular weight excluding hydrogens is 328 g/mol. The van der Waals surface area contributed by atoms with Crippen LogP contribution in [0.5, 0.6) is 0 Å². The van der Waals surface area contributed by atoms with E-state index < -0.39 is 0 Å². The Morgan fingerprint density at radius 2 is 1.50 bits per heavy atom. The topological polar surface area (TPSA) is 57.7 Å². The van der Waals surface area contributed by atoms with Crippen LogP contribution >= 0.6 is 0 Å². The van der Waals surface area contributed by atoms with Crippen molar-refractivity contribution in [1.29, 1.82) is 0 Å². The van der Waals surface area contributed by atoms with Crippen molar-refractivity contribution in [3.05, 3.63) is 59.2 Å². The zero-order valence-electron chi connectivity index (χ0n) is 15.3. The maximum absolute atomic E-state index is 12.7. The van der Waals surface area contributed by atoms with Gasteiger partial charge in [0.25, 0.3) is 5.91 Å². The molecule has 0 aliphatic heterocycles. The van der Waals surface area contributed by atoms with Gasteiger partial charge in [0, 0.05) is 36.8 Å². The van der Waals surface area contributed by atoms with Gasteiger partial charge >= 0.3 is 0 Å². The quantitative estimate of drug-likeness (QED) is 0.711. The smallest absolute Gasteiger partial charge is 0.254 e. The molecule has 26 heavy (non-hydrogen) atoms. The molecule has 0 heterocycles. The SMILES string of the molecule is CCN(CC)C(=O)CN(C)C(=O)c1ccc2c(c1)C(=O)c1ccccc1-2. The van der Waals surface area contributed by atoms with Crippen molar-refractivity contribution in [3.8, 4) is 11.1 Å². The summed E-state index contributed by atoms with van der Waals surface area (Å²) in [4.78, 5) is 40.6. The maximum Gasteiger partial charge on any atom is 0.254 e. The van der Waals surface area contributed by atoms with Crippen LogP contribution in [0.3, 0.4) is 0 Å². The Bertz CT molecular complexity index is 885. The number of carbonyl (C=O) groups excluding carboxylic acids is 3. The Morgan fingerprint density at radius 1 is 0.885 bits per heavy atom. The van der Waals surface area contributed by atoms with E-state index in [9.17, 15) is 14.4 Å². The number of rotatable bonds is 5. The molecule has 5 nitrogen and oxygen atoms in total. The van der Waals surface area contributed by atoms with E-state index in [-0.39, 0.29) is 24.1 Å². The summed E-state index contributed by atoms with van der Waals surface area (Å²) in [5.74, 6) is -0.417. The van der Waals surface area contributed by atoms with Crippen molar-refractivity contribution in [3.63, 3.8) is 0 Å². The normalized spacial score (nSPS) is 11.7. The summed E-state index contributed by atoms with van der Waals surface area (Å²) in [6.45, 7) is 5.07. The molecule has 0 unspecified atom stereocenters. The van der Waals surface area contributed by atoms with Gasteiger partial charge in [0.15, 0.2) is 5.78 Å². The van der Waals surface area contributed by atoms with Crippen LogP contribution in [0, 0.1) is 0 Å². The predicted molar refractivity (Wildman–Crippen MR) is 100 cm³/mol. The Balaban J connectivity index is 1.82. The van der Waals surface area contributed by atoms with Crippen molar-refractivity contribution < 1.29 is 14.4 Å². The number of nitrogens with zero attached hydrogens (tertiary/aromatic N) is 2. The zero-order valence-corrected chi connectivity index (χ0v) is 15.3. The van der Waals surface area contributed by atoms with Crippen LogP contribution < -0.4 is 0 Å². The number of likely N-dealkylation sites (N-methyl/N-ethyl adjacent to an activating group) is 2. The first kappa shape index (κ1) is 17.9. The molecule has 0 fully saturated rings. The predicted octanol–water partition coefficient (Wildman–Crippen LogP) is 2.84. The molecule has 0 bridgehead atoms. The summed E-state index contributed by atoms with van der Waals surface area (Å²) in [6, 6.07) is 12.6. The molecule has 3 rings (SSSR count). The molecular formula is C21H22N2O3. The Kier molecular flexibility index (Phi) is 4.89. The Labute approximate surface area is 153 Å². The van der Waals surface area contributed by atoms with Crippen LogP contribution in [0.4, 0.5) is 0 Å². The Morgan fingerprint density at radius 3 is 2.15 bits per heavy atom. The highest BCUT2D eigenvalue weighted by Crippen LogP contribution is 2.36. The van der Waals surface area contributed by atoms with Gasteiger partial charge in [-0.25, -0.2) is 0 Å². The standard InChI is InChI=1S/C21H22N2O3/c1-4-23(5-2)19(24)13-22(3)21(26)14-10-11-16-15-8-6-7-9-17(15)20(25)18(16)12-14/h6-12H,4-5,13H2,1-3H3. The van der Waals surface area contributed by atoms with Crippen LogP contribution in [-0.4, -0.2) is 54.1 Å². The Hall–Kier alpha value is -2.95. The first-order valence-corrected chi connectivity index (χ1v) is 8.79. The maximum atomic E-state index is 12.7. The summed E-state index contributed by atoms with van der Waals surface area (Å²) in [5.41, 5.74) is 3.37. The number of hydrogen-bond donors (Lipinski definition) is 0. The molecule has 0 saturated heterocycles. The van der Waals surface area contributed by atoms with E-state index in [4.69, 9.17) is 0 Å². The average molecular weight is 350 g/mol.